The molecule has 1 nitrogen and oxygen atoms in total. The van der Waals surface area contributed by atoms with E-state index in [2.05, 4.69) is 15.9 Å². The molecule has 2 unspecified atom stereocenters. The summed E-state index contributed by atoms with van der Waals surface area (Å²) in [5.41, 5.74) is 0.645. The number of hydrogen-bond acceptors (Lipinski definition) is 1. The minimum atomic E-state index is 0.645. The molecule has 0 spiro atoms. The van der Waals surface area contributed by atoms with Crippen LogP contribution in [0.25, 0.3) is 0 Å². The lowest BCUT2D eigenvalue weighted by Crippen LogP contribution is -2.21. The van der Waals surface area contributed by atoms with Crippen LogP contribution >= 0.6 is 15.9 Å². The maximum absolute atomic E-state index is 5.11. The number of ether oxygens (including phenoxy) is 1. The van der Waals surface area contributed by atoms with E-state index in [1.807, 2.05) is 0 Å². The first-order chi connectivity index (χ1) is 6.29. The van der Waals surface area contributed by atoms with Gasteiger partial charge in [0.1, 0.15) is 0 Å². The van der Waals surface area contributed by atoms with Crippen molar-refractivity contribution in [3.8, 4) is 0 Å². The average molecular weight is 247 g/mol. The Morgan fingerprint density at radius 3 is 2.62 bits per heavy atom. The highest BCUT2D eigenvalue weighted by molar-refractivity contribution is 9.09. The van der Waals surface area contributed by atoms with Gasteiger partial charge in [-0.05, 0) is 49.4 Å². The topological polar surface area (TPSA) is 9.23 Å². The normalized spacial score (nSPS) is 42.0. The lowest BCUT2D eigenvalue weighted by molar-refractivity contribution is 0.169. The van der Waals surface area contributed by atoms with E-state index in [1.165, 1.54) is 37.4 Å². The molecule has 2 aliphatic rings. The standard InChI is InChI=1S/C11H19BrO/c1-13-4-2-3-11(8-12)6-9-5-10(9)7-11/h9-10H,2-8H2,1H3. The summed E-state index contributed by atoms with van der Waals surface area (Å²) < 4.78 is 5.11. The number of rotatable bonds is 5. The van der Waals surface area contributed by atoms with Gasteiger partial charge in [0, 0.05) is 19.0 Å². The Hall–Kier alpha value is 0.440. The van der Waals surface area contributed by atoms with Crippen molar-refractivity contribution in [3.63, 3.8) is 0 Å². The number of hydrogen-bond donors (Lipinski definition) is 0. The third kappa shape index (κ3) is 2.10. The summed E-state index contributed by atoms with van der Waals surface area (Å²) in [5.74, 6) is 2.19. The summed E-state index contributed by atoms with van der Waals surface area (Å²) in [6.07, 6.45) is 7.08. The molecular weight excluding hydrogens is 228 g/mol. The Morgan fingerprint density at radius 1 is 1.38 bits per heavy atom. The van der Waals surface area contributed by atoms with E-state index in [9.17, 15) is 0 Å². The first-order valence-corrected chi connectivity index (χ1v) is 6.47. The molecule has 13 heavy (non-hydrogen) atoms. The van der Waals surface area contributed by atoms with E-state index in [1.54, 1.807) is 7.11 Å². The van der Waals surface area contributed by atoms with Crippen molar-refractivity contribution >= 4 is 15.9 Å². The Balaban J connectivity index is 1.78. The largest absolute Gasteiger partial charge is 0.385 e. The fraction of sp³-hybridized carbons (Fsp3) is 1.00. The van der Waals surface area contributed by atoms with E-state index in [0.29, 0.717) is 5.41 Å². The van der Waals surface area contributed by atoms with E-state index >= 15 is 0 Å². The summed E-state index contributed by atoms with van der Waals surface area (Å²) in [7, 11) is 1.80. The van der Waals surface area contributed by atoms with Crippen molar-refractivity contribution in [1.82, 2.24) is 0 Å². The van der Waals surface area contributed by atoms with Gasteiger partial charge in [-0.15, -0.1) is 0 Å². The average Bonchev–Trinajstić information content (AvgIpc) is 2.76. The predicted octanol–water partition coefficient (Wildman–Crippen LogP) is 3.22. The fourth-order valence-electron chi connectivity index (χ4n) is 2.98. The zero-order chi connectivity index (χ0) is 9.31. The number of methoxy groups -OCH3 is 1. The van der Waals surface area contributed by atoms with Crippen molar-refractivity contribution in [3.05, 3.63) is 0 Å². The van der Waals surface area contributed by atoms with Gasteiger partial charge >= 0.3 is 0 Å². The van der Waals surface area contributed by atoms with Crippen LogP contribution in [0, 0.1) is 17.3 Å². The molecule has 0 aromatic carbocycles. The molecular formula is C11H19BrO. The van der Waals surface area contributed by atoms with Crippen LogP contribution in [0.1, 0.15) is 32.1 Å². The van der Waals surface area contributed by atoms with Crippen molar-refractivity contribution < 1.29 is 4.74 Å². The molecule has 0 amide bonds. The second-order valence-corrected chi connectivity index (χ2v) is 5.45. The zero-order valence-electron chi connectivity index (χ0n) is 8.39. The first-order valence-electron chi connectivity index (χ1n) is 5.34. The summed E-state index contributed by atoms with van der Waals surface area (Å²) in [6, 6.07) is 0. The smallest absolute Gasteiger partial charge is 0.0462 e. The quantitative estimate of drug-likeness (QED) is 0.535. The molecule has 0 bridgehead atoms. The number of halogens is 1. The molecule has 2 aliphatic carbocycles. The second-order valence-electron chi connectivity index (χ2n) is 4.89. The maximum Gasteiger partial charge on any atom is 0.0462 e. The Morgan fingerprint density at radius 2 is 2.08 bits per heavy atom. The van der Waals surface area contributed by atoms with E-state index in [4.69, 9.17) is 4.74 Å². The first kappa shape index (κ1) is 9.97. The fourth-order valence-corrected chi connectivity index (χ4v) is 3.72. The van der Waals surface area contributed by atoms with Gasteiger partial charge in [-0.2, -0.15) is 0 Å². The Labute approximate surface area is 89.4 Å². The van der Waals surface area contributed by atoms with E-state index < -0.39 is 0 Å². The van der Waals surface area contributed by atoms with Crippen molar-refractivity contribution in [1.29, 1.82) is 0 Å². The van der Waals surface area contributed by atoms with E-state index in [-0.39, 0.29) is 0 Å². The minimum absolute atomic E-state index is 0.645. The predicted molar refractivity (Wildman–Crippen MR) is 58.2 cm³/mol. The highest BCUT2D eigenvalue weighted by Gasteiger charge is 2.52. The molecule has 0 saturated heterocycles. The molecule has 0 heterocycles. The zero-order valence-corrected chi connectivity index (χ0v) is 9.98. The molecule has 2 fully saturated rings. The molecule has 0 aliphatic heterocycles. The number of alkyl halides is 1. The SMILES string of the molecule is COCCCC1(CBr)CC2CC2C1. The monoisotopic (exact) mass is 246 g/mol. The van der Waals surface area contributed by atoms with Crippen LogP contribution in [0.3, 0.4) is 0 Å². The molecule has 0 radical (unpaired) electrons. The van der Waals surface area contributed by atoms with Gasteiger partial charge in [-0.1, -0.05) is 15.9 Å². The Bertz CT molecular complexity index is 171. The van der Waals surface area contributed by atoms with Crippen LogP contribution in [-0.2, 0) is 4.74 Å². The van der Waals surface area contributed by atoms with Gasteiger partial charge in [-0.3, -0.25) is 0 Å². The molecule has 0 aromatic heterocycles. The molecule has 0 N–H and O–H groups in total. The van der Waals surface area contributed by atoms with Gasteiger partial charge in [0.15, 0.2) is 0 Å². The van der Waals surface area contributed by atoms with Crippen LogP contribution in [0.5, 0.6) is 0 Å². The van der Waals surface area contributed by atoms with Gasteiger partial charge < -0.3 is 4.74 Å². The molecule has 2 heteroatoms. The third-order valence-electron chi connectivity index (χ3n) is 3.80. The van der Waals surface area contributed by atoms with Crippen LogP contribution in [0.15, 0.2) is 0 Å². The van der Waals surface area contributed by atoms with Crippen LogP contribution < -0.4 is 0 Å². The molecule has 76 valence electrons. The van der Waals surface area contributed by atoms with Gasteiger partial charge in [-0.25, -0.2) is 0 Å². The second kappa shape index (κ2) is 3.90. The van der Waals surface area contributed by atoms with Gasteiger partial charge in [0.2, 0.25) is 0 Å². The van der Waals surface area contributed by atoms with Crippen LogP contribution in [0.4, 0.5) is 0 Å². The van der Waals surface area contributed by atoms with Gasteiger partial charge in [0.25, 0.3) is 0 Å². The van der Waals surface area contributed by atoms with E-state index in [0.717, 1.165) is 18.4 Å². The Kier molecular flexibility index (Phi) is 2.99. The van der Waals surface area contributed by atoms with Crippen LogP contribution in [0.2, 0.25) is 0 Å². The summed E-state index contributed by atoms with van der Waals surface area (Å²) in [6.45, 7) is 0.935. The van der Waals surface area contributed by atoms with Crippen LogP contribution in [-0.4, -0.2) is 19.0 Å². The summed E-state index contributed by atoms with van der Waals surface area (Å²) in [4.78, 5) is 0. The lowest BCUT2D eigenvalue weighted by atomic mass is 9.81. The van der Waals surface area contributed by atoms with Crippen molar-refractivity contribution in [2.75, 3.05) is 19.0 Å². The van der Waals surface area contributed by atoms with Gasteiger partial charge in [0.05, 0.1) is 0 Å². The van der Waals surface area contributed by atoms with Crippen molar-refractivity contribution in [2.45, 2.75) is 32.1 Å². The minimum Gasteiger partial charge on any atom is -0.385 e. The lowest BCUT2D eigenvalue weighted by Gasteiger charge is -2.28. The summed E-state index contributed by atoms with van der Waals surface area (Å²) in [5, 5.41) is 1.21. The molecule has 2 rings (SSSR count). The third-order valence-corrected chi connectivity index (χ3v) is 4.99. The molecule has 0 aromatic rings. The molecule has 2 saturated carbocycles. The number of fused-ring (bicyclic) bond motifs is 1. The molecule has 2 atom stereocenters. The highest BCUT2D eigenvalue weighted by atomic mass is 79.9. The highest BCUT2D eigenvalue weighted by Crippen LogP contribution is 2.61. The maximum atomic E-state index is 5.11. The summed E-state index contributed by atoms with van der Waals surface area (Å²) >= 11 is 3.69. The van der Waals surface area contributed by atoms with Crippen molar-refractivity contribution in [2.24, 2.45) is 17.3 Å².